The van der Waals surface area contributed by atoms with E-state index in [1.165, 1.54) is 5.69 Å². The standard InChI is InChI=1S/C15H24N4O/c1-18-14(5-8-17-18)11-6-9-19(10-7-11)15(20)12-3-2-4-13(12)16/h5,8,11-13H,2-4,6-7,9-10,16H2,1H3. The molecule has 2 aliphatic rings. The largest absolute Gasteiger partial charge is 0.342 e. The number of aromatic nitrogens is 2. The number of nitrogens with zero attached hydrogens (tertiary/aromatic N) is 3. The predicted octanol–water partition coefficient (Wildman–Crippen LogP) is 1.25. The first-order valence-corrected chi connectivity index (χ1v) is 7.69. The summed E-state index contributed by atoms with van der Waals surface area (Å²) in [6.07, 6.45) is 7.00. The summed E-state index contributed by atoms with van der Waals surface area (Å²) in [5.41, 5.74) is 7.34. The Bertz CT molecular complexity index is 476. The molecule has 1 saturated carbocycles. The molecule has 0 radical (unpaired) electrons. The molecule has 1 aromatic heterocycles. The Morgan fingerprint density at radius 1 is 1.30 bits per heavy atom. The normalized spacial score (nSPS) is 28.0. The number of amides is 1. The van der Waals surface area contributed by atoms with Crippen LogP contribution in [0.1, 0.15) is 43.7 Å². The van der Waals surface area contributed by atoms with E-state index in [2.05, 4.69) is 11.2 Å². The van der Waals surface area contributed by atoms with E-state index in [9.17, 15) is 4.79 Å². The van der Waals surface area contributed by atoms with Gasteiger partial charge in [0.2, 0.25) is 5.91 Å². The van der Waals surface area contributed by atoms with Crippen LogP contribution in [0.5, 0.6) is 0 Å². The Labute approximate surface area is 120 Å². The highest BCUT2D eigenvalue weighted by molar-refractivity contribution is 5.80. The van der Waals surface area contributed by atoms with Crippen LogP contribution < -0.4 is 5.73 Å². The number of rotatable bonds is 2. The van der Waals surface area contributed by atoms with Gasteiger partial charge in [0, 0.05) is 44.0 Å². The summed E-state index contributed by atoms with van der Waals surface area (Å²) in [5.74, 6) is 0.894. The molecule has 1 aromatic rings. The molecule has 5 heteroatoms. The number of aryl methyl sites for hydroxylation is 1. The number of hydrogen-bond acceptors (Lipinski definition) is 3. The van der Waals surface area contributed by atoms with Crippen molar-refractivity contribution in [2.75, 3.05) is 13.1 Å². The number of carbonyl (C=O) groups excluding carboxylic acids is 1. The van der Waals surface area contributed by atoms with Crippen LogP contribution in [0, 0.1) is 5.92 Å². The van der Waals surface area contributed by atoms with Crippen molar-refractivity contribution in [3.05, 3.63) is 18.0 Å². The second-order valence-corrected chi connectivity index (χ2v) is 6.18. The average molecular weight is 276 g/mol. The maximum absolute atomic E-state index is 12.5. The summed E-state index contributed by atoms with van der Waals surface area (Å²) in [4.78, 5) is 14.5. The highest BCUT2D eigenvalue weighted by atomic mass is 16.2. The number of carbonyl (C=O) groups is 1. The molecule has 110 valence electrons. The van der Waals surface area contributed by atoms with Crippen molar-refractivity contribution < 1.29 is 4.79 Å². The Morgan fingerprint density at radius 2 is 2.05 bits per heavy atom. The number of hydrogen-bond donors (Lipinski definition) is 1. The van der Waals surface area contributed by atoms with Crippen LogP contribution in [0.15, 0.2) is 12.3 Å². The summed E-state index contributed by atoms with van der Waals surface area (Å²) < 4.78 is 1.95. The second kappa shape index (κ2) is 5.56. The number of piperidine rings is 1. The zero-order chi connectivity index (χ0) is 14.1. The first kappa shape index (κ1) is 13.6. The highest BCUT2D eigenvalue weighted by Crippen LogP contribution is 2.31. The van der Waals surface area contributed by atoms with Crippen LogP contribution in [0.25, 0.3) is 0 Å². The van der Waals surface area contributed by atoms with E-state index in [0.717, 1.165) is 45.2 Å². The van der Waals surface area contributed by atoms with Gasteiger partial charge >= 0.3 is 0 Å². The monoisotopic (exact) mass is 276 g/mol. The van der Waals surface area contributed by atoms with Gasteiger partial charge in [-0.25, -0.2) is 0 Å². The van der Waals surface area contributed by atoms with E-state index < -0.39 is 0 Å². The molecule has 3 rings (SSSR count). The summed E-state index contributed by atoms with van der Waals surface area (Å²) in [6, 6.07) is 2.17. The first-order chi connectivity index (χ1) is 9.66. The van der Waals surface area contributed by atoms with Gasteiger partial charge in [-0.1, -0.05) is 6.42 Å². The van der Waals surface area contributed by atoms with Crippen molar-refractivity contribution in [2.24, 2.45) is 18.7 Å². The van der Waals surface area contributed by atoms with Crippen molar-refractivity contribution in [3.63, 3.8) is 0 Å². The van der Waals surface area contributed by atoms with Gasteiger partial charge in [0.15, 0.2) is 0 Å². The van der Waals surface area contributed by atoms with Crippen LogP contribution in [0.4, 0.5) is 0 Å². The van der Waals surface area contributed by atoms with Crippen molar-refractivity contribution in [2.45, 2.75) is 44.1 Å². The van der Waals surface area contributed by atoms with Gasteiger partial charge in [0.25, 0.3) is 0 Å². The molecular formula is C15H24N4O. The zero-order valence-electron chi connectivity index (χ0n) is 12.2. The SMILES string of the molecule is Cn1nccc1C1CCN(C(=O)C2CCCC2N)CC1. The molecule has 1 aliphatic carbocycles. The average Bonchev–Trinajstić information content (AvgIpc) is 3.07. The number of likely N-dealkylation sites (tertiary alicyclic amines) is 1. The minimum Gasteiger partial charge on any atom is -0.342 e. The Morgan fingerprint density at radius 3 is 2.60 bits per heavy atom. The van der Waals surface area contributed by atoms with Gasteiger partial charge in [-0.05, 0) is 31.7 Å². The van der Waals surface area contributed by atoms with Crippen LogP contribution in [0.2, 0.25) is 0 Å². The third kappa shape index (κ3) is 2.46. The zero-order valence-corrected chi connectivity index (χ0v) is 12.2. The molecule has 0 bridgehead atoms. The lowest BCUT2D eigenvalue weighted by atomic mass is 9.92. The van der Waals surface area contributed by atoms with Crippen LogP contribution >= 0.6 is 0 Å². The molecule has 5 nitrogen and oxygen atoms in total. The summed E-state index contributed by atoms with van der Waals surface area (Å²) in [5, 5.41) is 4.24. The van der Waals surface area contributed by atoms with Crippen LogP contribution in [0.3, 0.4) is 0 Å². The molecule has 1 aliphatic heterocycles. The lowest BCUT2D eigenvalue weighted by Gasteiger charge is -2.34. The maximum Gasteiger partial charge on any atom is 0.227 e. The van der Waals surface area contributed by atoms with E-state index in [1.807, 2.05) is 22.8 Å². The third-order valence-electron chi connectivity index (χ3n) is 4.97. The molecule has 2 heterocycles. The lowest BCUT2D eigenvalue weighted by Crippen LogP contribution is -2.45. The van der Waals surface area contributed by atoms with Gasteiger partial charge in [-0.3, -0.25) is 9.48 Å². The van der Waals surface area contributed by atoms with Gasteiger partial charge in [-0.15, -0.1) is 0 Å². The predicted molar refractivity (Wildman–Crippen MR) is 77.1 cm³/mol. The fourth-order valence-electron chi connectivity index (χ4n) is 3.71. The van der Waals surface area contributed by atoms with Crippen molar-refractivity contribution >= 4 is 5.91 Å². The maximum atomic E-state index is 12.5. The van der Waals surface area contributed by atoms with Crippen molar-refractivity contribution in [1.29, 1.82) is 0 Å². The molecule has 1 saturated heterocycles. The smallest absolute Gasteiger partial charge is 0.227 e. The molecule has 1 amide bonds. The van der Waals surface area contributed by atoms with Crippen LogP contribution in [-0.2, 0) is 11.8 Å². The van der Waals surface area contributed by atoms with Crippen molar-refractivity contribution in [3.8, 4) is 0 Å². The van der Waals surface area contributed by atoms with E-state index in [0.29, 0.717) is 11.8 Å². The summed E-state index contributed by atoms with van der Waals surface area (Å²) in [7, 11) is 1.99. The fraction of sp³-hybridized carbons (Fsp3) is 0.733. The molecule has 2 fully saturated rings. The molecule has 0 spiro atoms. The first-order valence-electron chi connectivity index (χ1n) is 7.69. The third-order valence-corrected chi connectivity index (χ3v) is 4.97. The van der Waals surface area contributed by atoms with Gasteiger partial charge < -0.3 is 10.6 Å². The molecule has 2 unspecified atom stereocenters. The Hall–Kier alpha value is -1.36. The molecule has 0 aromatic carbocycles. The molecule has 20 heavy (non-hydrogen) atoms. The molecule has 2 atom stereocenters. The Balaban J connectivity index is 1.58. The molecular weight excluding hydrogens is 252 g/mol. The summed E-state index contributed by atoms with van der Waals surface area (Å²) >= 11 is 0. The van der Waals surface area contributed by atoms with Gasteiger partial charge in [0.1, 0.15) is 0 Å². The quantitative estimate of drug-likeness (QED) is 0.884. The lowest BCUT2D eigenvalue weighted by molar-refractivity contribution is -0.136. The fourth-order valence-corrected chi connectivity index (χ4v) is 3.71. The van der Waals surface area contributed by atoms with E-state index in [-0.39, 0.29) is 12.0 Å². The molecule has 2 N–H and O–H groups in total. The Kier molecular flexibility index (Phi) is 3.78. The minimum atomic E-state index is 0.0725. The van der Waals surface area contributed by atoms with Crippen molar-refractivity contribution in [1.82, 2.24) is 14.7 Å². The van der Waals surface area contributed by atoms with Gasteiger partial charge in [0.05, 0.1) is 5.92 Å². The van der Waals surface area contributed by atoms with E-state index >= 15 is 0 Å². The second-order valence-electron chi connectivity index (χ2n) is 6.18. The van der Waals surface area contributed by atoms with E-state index in [4.69, 9.17) is 5.73 Å². The number of nitrogens with two attached hydrogens (primary N) is 1. The minimum absolute atomic E-state index is 0.0725. The summed E-state index contributed by atoms with van der Waals surface area (Å²) in [6.45, 7) is 1.72. The van der Waals surface area contributed by atoms with Crippen LogP contribution in [-0.4, -0.2) is 39.7 Å². The topological polar surface area (TPSA) is 64.2 Å². The van der Waals surface area contributed by atoms with Gasteiger partial charge in [-0.2, -0.15) is 5.10 Å². The van der Waals surface area contributed by atoms with E-state index in [1.54, 1.807) is 0 Å². The highest BCUT2D eigenvalue weighted by Gasteiger charge is 2.35.